The number of aliphatic hydroxyl groups excluding tert-OH is 1. The number of anilines is 2. The first-order valence-electron chi connectivity index (χ1n) is 10.1. The molecule has 1 aliphatic heterocycles. The number of benzene rings is 2. The number of rotatable bonds is 6. The molecule has 0 saturated carbocycles. The van der Waals surface area contributed by atoms with Gasteiger partial charge in [-0.3, -0.25) is 0 Å². The third-order valence-electron chi connectivity index (χ3n) is 5.30. The lowest BCUT2D eigenvalue weighted by molar-refractivity contribution is 0.202. The number of nitriles is 1. The van der Waals surface area contributed by atoms with Crippen molar-refractivity contribution < 1.29 is 9.84 Å². The van der Waals surface area contributed by atoms with E-state index in [4.69, 9.17) is 15.6 Å². The van der Waals surface area contributed by atoms with E-state index in [1.807, 2.05) is 42.5 Å². The maximum atomic E-state index is 9.72. The van der Waals surface area contributed by atoms with Gasteiger partial charge in [0, 0.05) is 35.5 Å². The number of aliphatic hydroxyl groups is 1. The molecule has 1 aromatic heterocycles. The summed E-state index contributed by atoms with van der Waals surface area (Å²) in [6.45, 7) is 2.21. The standard InChI is InChI=1S/C24H24N4O2/c25-16-21-20(19-8-1-2-9-23(19)30-13-12-29)15-22(27-24(21)26)17-6-5-7-18(14-17)28-10-3-4-11-28/h1-2,5-9,14-15,29H,3-4,10-13H2,(H2,26,27). The van der Waals surface area contributed by atoms with Crippen LogP contribution >= 0.6 is 0 Å². The minimum absolute atomic E-state index is 0.0908. The first-order valence-corrected chi connectivity index (χ1v) is 10.1. The molecule has 2 aromatic carbocycles. The Morgan fingerprint density at radius 3 is 2.63 bits per heavy atom. The van der Waals surface area contributed by atoms with E-state index < -0.39 is 0 Å². The van der Waals surface area contributed by atoms with Crippen LogP contribution in [0.25, 0.3) is 22.4 Å². The zero-order valence-electron chi connectivity index (χ0n) is 16.7. The third kappa shape index (κ3) is 3.93. The highest BCUT2D eigenvalue weighted by Crippen LogP contribution is 2.37. The monoisotopic (exact) mass is 400 g/mol. The lowest BCUT2D eigenvalue weighted by Crippen LogP contribution is -2.17. The zero-order chi connectivity index (χ0) is 20.9. The predicted molar refractivity (Wildman–Crippen MR) is 118 cm³/mol. The summed E-state index contributed by atoms with van der Waals surface area (Å²) in [5, 5.41) is 18.9. The number of hydrogen-bond donors (Lipinski definition) is 2. The van der Waals surface area contributed by atoms with Gasteiger partial charge >= 0.3 is 0 Å². The summed E-state index contributed by atoms with van der Waals surface area (Å²) in [5.41, 5.74) is 10.7. The summed E-state index contributed by atoms with van der Waals surface area (Å²) in [7, 11) is 0. The van der Waals surface area contributed by atoms with Gasteiger partial charge in [-0.25, -0.2) is 4.98 Å². The maximum absolute atomic E-state index is 9.72. The summed E-state index contributed by atoms with van der Waals surface area (Å²) in [6.07, 6.45) is 2.42. The van der Waals surface area contributed by atoms with Gasteiger partial charge in [-0.15, -0.1) is 0 Å². The molecule has 30 heavy (non-hydrogen) atoms. The zero-order valence-corrected chi connectivity index (χ0v) is 16.7. The van der Waals surface area contributed by atoms with E-state index in [1.54, 1.807) is 0 Å². The van der Waals surface area contributed by atoms with E-state index >= 15 is 0 Å². The number of nitrogens with zero attached hydrogens (tertiary/aromatic N) is 3. The van der Waals surface area contributed by atoms with E-state index in [9.17, 15) is 5.26 Å². The molecule has 0 amide bonds. The molecular weight excluding hydrogens is 376 g/mol. The van der Waals surface area contributed by atoms with Gasteiger partial charge in [0.05, 0.1) is 12.3 Å². The summed E-state index contributed by atoms with van der Waals surface area (Å²) in [4.78, 5) is 6.89. The molecule has 1 aliphatic rings. The molecule has 6 nitrogen and oxygen atoms in total. The topological polar surface area (TPSA) is 95.4 Å². The minimum Gasteiger partial charge on any atom is -0.491 e. The van der Waals surface area contributed by atoms with E-state index in [1.165, 1.54) is 18.5 Å². The van der Waals surface area contributed by atoms with Crippen LogP contribution in [0, 0.1) is 11.3 Å². The quantitative estimate of drug-likeness (QED) is 0.653. The van der Waals surface area contributed by atoms with Gasteiger partial charge in [-0.05, 0) is 37.1 Å². The van der Waals surface area contributed by atoms with Crippen LogP contribution < -0.4 is 15.4 Å². The molecule has 152 valence electrons. The number of ether oxygens (including phenoxy) is 1. The first kappa shape index (κ1) is 19.7. The van der Waals surface area contributed by atoms with Gasteiger partial charge in [-0.2, -0.15) is 5.26 Å². The average molecular weight is 400 g/mol. The molecule has 2 heterocycles. The van der Waals surface area contributed by atoms with Gasteiger partial charge in [0.2, 0.25) is 0 Å². The third-order valence-corrected chi connectivity index (χ3v) is 5.30. The van der Waals surface area contributed by atoms with E-state index in [0.29, 0.717) is 22.6 Å². The Hall–Kier alpha value is -3.56. The molecule has 3 N–H and O–H groups in total. The molecule has 3 aromatic rings. The van der Waals surface area contributed by atoms with Gasteiger partial charge in [0.1, 0.15) is 29.8 Å². The Kier molecular flexibility index (Phi) is 5.82. The highest BCUT2D eigenvalue weighted by atomic mass is 16.5. The highest BCUT2D eigenvalue weighted by Gasteiger charge is 2.18. The fourth-order valence-electron chi connectivity index (χ4n) is 3.85. The van der Waals surface area contributed by atoms with Crippen LogP contribution in [-0.2, 0) is 0 Å². The second kappa shape index (κ2) is 8.85. The minimum atomic E-state index is -0.0908. The van der Waals surface area contributed by atoms with Crippen LogP contribution in [0.5, 0.6) is 5.75 Å². The molecule has 0 radical (unpaired) electrons. The number of nitrogen functional groups attached to an aromatic ring is 1. The number of nitrogens with two attached hydrogens (primary N) is 1. The first-order chi connectivity index (χ1) is 14.7. The Labute approximate surface area is 176 Å². The number of hydrogen-bond acceptors (Lipinski definition) is 6. The second-order valence-electron chi connectivity index (χ2n) is 7.24. The van der Waals surface area contributed by atoms with Crippen LogP contribution in [0.2, 0.25) is 0 Å². The van der Waals surface area contributed by atoms with Crippen molar-refractivity contribution in [1.29, 1.82) is 5.26 Å². The fourth-order valence-corrected chi connectivity index (χ4v) is 3.85. The van der Waals surface area contributed by atoms with Crippen LogP contribution in [-0.4, -0.2) is 36.4 Å². The highest BCUT2D eigenvalue weighted by molar-refractivity contribution is 5.83. The molecule has 1 fully saturated rings. The Morgan fingerprint density at radius 2 is 1.87 bits per heavy atom. The SMILES string of the molecule is N#Cc1c(-c2ccccc2OCCO)cc(-c2cccc(N3CCCC3)c2)nc1N. The normalized spacial score (nSPS) is 13.3. The average Bonchev–Trinajstić information content (AvgIpc) is 3.32. The Bertz CT molecular complexity index is 1080. The van der Waals surface area contributed by atoms with E-state index in [2.05, 4.69) is 28.1 Å². The largest absolute Gasteiger partial charge is 0.491 e. The molecule has 1 saturated heterocycles. The van der Waals surface area contributed by atoms with Crippen molar-refractivity contribution in [1.82, 2.24) is 4.98 Å². The van der Waals surface area contributed by atoms with Gasteiger partial charge < -0.3 is 20.5 Å². The Balaban J connectivity index is 1.81. The molecule has 4 rings (SSSR count). The molecule has 0 aliphatic carbocycles. The van der Waals surface area contributed by atoms with Gasteiger partial charge in [0.15, 0.2) is 0 Å². The van der Waals surface area contributed by atoms with E-state index in [-0.39, 0.29) is 19.0 Å². The smallest absolute Gasteiger partial charge is 0.142 e. The lowest BCUT2D eigenvalue weighted by atomic mass is 9.97. The summed E-state index contributed by atoms with van der Waals surface area (Å²) >= 11 is 0. The molecule has 6 heteroatoms. The second-order valence-corrected chi connectivity index (χ2v) is 7.24. The maximum Gasteiger partial charge on any atom is 0.142 e. The summed E-state index contributed by atoms with van der Waals surface area (Å²) < 4.78 is 5.68. The number of aromatic nitrogens is 1. The number of para-hydroxylation sites is 1. The number of pyridine rings is 1. The van der Waals surface area contributed by atoms with Crippen molar-refractivity contribution in [3.8, 4) is 34.2 Å². The van der Waals surface area contributed by atoms with Crippen molar-refractivity contribution in [2.24, 2.45) is 0 Å². The van der Waals surface area contributed by atoms with Crippen molar-refractivity contribution in [3.63, 3.8) is 0 Å². The predicted octanol–water partition coefficient (Wildman–Crippen LogP) is 3.84. The lowest BCUT2D eigenvalue weighted by Gasteiger charge is -2.19. The molecule has 0 atom stereocenters. The van der Waals surface area contributed by atoms with Crippen molar-refractivity contribution >= 4 is 11.5 Å². The molecule has 0 spiro atoms. The van der Waals surface area contributed by atoms with Crippen LogP contribution in [0.1, 0.15) is 18.4 Å². The summed E-state index contributed by atoms with van der Waals surface area (Å²) in [5.74, 6) is 0.777. The van der Waals surface area contributed by atoms with Crippen LogP contribution in [0.4, 0.5) is 11.5 Å². The molecular formula is C24H24N4O2. The molecule has 0 bridgehead atoms. The van der Waals surface area contributed by atoms with Crippen molar-refractivity contribution in [3.05, 3.63) is 60.2 Å². The van der Waals surface area contributed by atoms with Crippen LogP contribution in [0.15, 0.2) is 54.6 Å². The van der Waals surface area contributed by atoms with Crippen LogP contribution in [0.3, 0.4) is 0 Å². The van der Waals surface area contributed by atoms with E-state index in [0.717, 1.165) is 24.2 Å². The Morgan fingerprint density at radius 1 is 1.07 bits per heavy atom. The van der Waals surface area contributed by atoms with Gasteiger partial charge in [0.25, 0.3) is 0 Å². The fraction of sp³-hybridized carbons (Fsp3) is 0.250. The van der Waals surface area contributed by atoms with Crippen molar-refractivity contribution in [2.75, 3.05) is 36.9 Å². The summed E-state index contributed by atoms with van der Waals surface area (Å²) in [6, 6.07) is 19.8. The molecule has 0 unspecified atom stereocenters. The van der Waals surface area contributed by atoms with Gasteiger partial charge in [-0.1, -0.05) is 30.3 Å². The van der Waals surface area contributed by atoms with Crippen molar-refractivity contribution in [2.45, 2.75) is 12.8 Å².